The largest absolute Gasteiger partial charge is 0.381 e. The van der Waals surface area contributed by atoms with Crippen LogP contribution < -0.4 is 5.73 Å². The second-order valence-electron chi connectivity index (χ2n) is 3.35. The van der Waals surface area contributed by atoms with Crippen LogP contribution in [0.2, 0.25) is 10.0 Å². The quantitative estimate of drug-likeness (QED) is 0.890. The number of benzene rings is 1. The zero-order chi connectivity index (χ0) is 11.7. The molecule has 0 fully saturated rings. The second kappa shape index (κ2) is 4.36. The summed E-state index contributed by atoms with van der Waals surface area (Å²) in [7, 11) is 0. The van der Waals surface area contributed by atoms with Gasteiger partial charge in [0.1, 0.15) is 0 Å². The standard InChI is InChI=1S/C11H10Cl2N2O/c1-2-7-10(16-15-11(7)14)8-4-3-6(12)5-9(8)13/h3-5H,2H2,1H3,(H2,14,15). The van der Waals surface area contributed by atoms with Crippen molar-refractivity contribution in [2.45, 2.75) is 13.3 Å². The summed E-state index contributed by atoms with van der Waals surface area (Å²) in [6.07, 6.45) is 0.740. The third-order valence-electron chi connectivity index (χ3n) is 2.35. The lowest BCUT2D eigenvalue weighted by Gasteiger charge is -2.02. The minimum atomic E-state index is 0.406. The van der Waals surface area contributed by atoms with Gasteiger partial charge >= 0.3 is 0 Å². The Bertz CT molecular complexity index is 523. The molecular formula is C11H10Cl2N2O. The molecule has 2 N–H and O–H groups in total. The highest BCUT2D eigenvalue weighted by atomic mass is 35.5. The molecule has 0 aliphatic carbocycles. The number of nitrogen functional groups attached to an aromatic ring is 1. The number of hydrogen-bond donors (Lipinski definition) is 1. The van der Waals surface area contributed by atoms with Crippen molar-refractivity contribution in [3.63, 3.8) is 0 Å². The number of rotatable bonds is 2. The molecule has 0 bridgehead atoms. The molecule has 2 rings (SSSR count). The average Bonchev–Trinajstić information content (AvgIpc) is 2.59. The third kappa shape index (κ3) is 1.88. The maximum Gasteiger partial charge on any atom is 0.173 e. The number of halogens is 2. The Morgan fingerprint density at radius 3 is 2.75 bits per heavy atom. The second-order valence-corrected chi connectivity index (χ2v) is 4.20. The number of nitrogens with zero attached hydrogens (tertiary/aromatic N) is 1. The van der Waals surface area contributed by atoms with Gasteiger partial charge in [0.05, 0.1) is 5.02 Å². The van der Waals surface area contributed by atoms with Gasteiger partial charge in [0.2, 0.25) is 0 Å². The van der Waals surface area contributed by atoms with Gasteiger partial charge in [0.15, 0.2) is 11.6 Å². The number of anilines is 1. The molecule has 2 aromatic rings. The minimum absolute atomic E-state index is 0.406. The monoisotopic (exact) mass is 256 g/mol. The highest BCUT2D eigenvalue weighted by Crippen LogP contribution is 2.34. The van der Waals surface area contributed by atoms with Gasteiger partial charge in [-0.05, 0) is 24.6 Å². The molecule has 0 spiro atoms. The van der Waals surface area contributed by atoms with Gasteiger partial charge in [0, 0.05) is 16.1 Å². The van der Waals surface area contributed by atoms with E-state index in [1.807, 2.05) is 6.92 Å². The van der Waals surface area contributed by atoms with Gasteiger partial charge in [0.25, 0.3) is 0 Å². The zero-order valence-electron chi connectivity index (χ0n) is 8.63. The molecule has 0 saturated carbocycles. The van der Waals surface area contributed by atoms with Crippen molar-refractivity contribution >= 4 is 29.0 Å². The van der Waals surface area contributed by atoms with E-state index in [1.54, 1.807) is 18.2 Å². The Hall–Kier alpha value is -1.19. The van der Waals surface area contributed by atoms with Gasteiger partial charge in [-0.3, -0.25) is 0 Å². The Balaban J connectivity index is 2.58. The SMILES string of the molecule is CCc1c(N)noc1-c1ccc(Cl)cc1Cl. The van der Waals surface area contributed by atoms with Gasteiger partial charge in [-0.1, -0.05) is 35.3 Å². The van der Waals surface area contributed by atoms with E-state index in [2.05, 4.69) is 5.16 Å². The van der Waals surface area contributed by atoms with E-state index >= 15 is 0 Å². The Kier molecular flexibility index (Phi) is 3.08. The molecule has 0 aliphatic rings. The van der Waals surface area contributed by atoms with Crippen molar-refractivity contribution in [3.05, 3.63) is 33.8 Å². The van der Waals surface area contributed by atoms with Crippen LogP contribution in [0.15, 0.2) is 22.7 Å². The topological polar surface area (TPSA) is 52.0 Å². The van der Waals surface area contributed by atoms with E-state index in [0.29, 0.717) is 21.6 Å². The molecule has 1 aromatic heterocycles. The first-order valence-electron chi connectivity index (χ1n) is 4.83. The lowest BCUT2D eigenvalue weighted by atomic mass is 10.1. The highest BCUT2D eigenvalue weighted by molar-refractivity contribution is 6.36. The van der Waals surface area contributed by atoms with Crippen molar-refractivity contribution in [1.82, 2.24) is 5.16 Å². The van der Waals surface area contributed by atoms with Crippen LogP contribution in [0.25, 0.3) is 11.3 Å². The summed E-state index contributed by atoms with van der Waals surface area (Å²) in [5.74, 6) is 1.02. The molecule has 3 nitrogen and oxygen atoms in total. The van der Waals surface area contributed by atoms with Crippen molar-refractivity contribution in [1.29, 1.82) is 0 Å². The first-order valence-corrected chi connectivity index (χ1v) is 5.58. The molecule has 1 aromatic carbocycles. The fourth-order valence-corrected chi connectivity index (χ4v) is 2.04. The maximum atomic E-state index is 6.09. The summed E-state index contributed by atoms with van der Waals surface area (Å²) in [5.41, 5.74) is 7.32. The molecule has 0 atom stereocenters. The molecule has 0 aliphatic heterocycles. The van der Waals surface area contributed by atoms with Crippen LogP contribution in [0.1, 0.15) is 12.5 Å². The molecule has 0 saturated heterocycles. The van der Waals surface area contributed by atoms with Crippen LogP contribution in [0.3, 0.4) is 0 Å². The molecule has 5 heteroatoms. The smallest absolute Gasteiger partial charge is 0.173 e. The molecule has 1 heterocycles. The highest BCUT2D eigenvalue weighted by Gasteiger charge is 2.16. The minimum Gasteiger partial charge on any atom is -0.381 e. The molecule has 84 valence electrons. The summed E-state index contributed by atoms with van der Waals surface area (Å²) in [6.45, 7) is 1.98. The van der Waals surface area contributed by atoms with E-state index in [1.165, 1.54) is 0 Å². The van der Waals surface area contributed by atoms with Crippen LogP contribution in [0.5, 0.6) is 0 Å². The van der Waals surface area contributed by atoms with Gasteiger partial charge in [-0.15, -0.1) is 0 Å². The molecule has 0 radical (unpaired) electrons. The fraction of sp³-hybridized carbons (Fsp3) is 0.182. The summed E-state index contributed by atoms with van der Waals surface area (Å²) >= 11 is 11.9. The summed E-state index contributed by atoms with van der Waals surface area (Å²) in [6, 6.07) is 5.21. The van der Waals surface area contributed by atoms with E-state index in [-0.39, 0.29) is 0 Å². The normalized spacial score (nSPS) is 10.7. The van der Waals surface area contributed by atoms with Crippen LogP contribution in [-0.2, 0) is 6.42 Å². The number of hydrogen-bond acceptors (Lipinski definition) is 3. The average molecular weight is 257 g/mol. The van der Waals surface area contributed by atoms with E-state index in [4.69, 9.17) is 33.5 Å². The third-order valence-corrected chi connectivity index (χ3v) is 2.90. The summed E-state index contributed by atoms with van der Waals surface area (Å²) < 4.78 is 5.19. The Morgan fingerprint density at radius 1 is 1.38 bits per heavy atom. The van der Waals surface area contributed by atoms with Gasteiger partial charge in [-0.25, -0.2) is 0 Å². The zero-order valence-corrected chi connectivity index (χ0v) is 10.1. The van der Waals surface area contributed by atoms with Crippen LogP contribution >= 0.6 is 23.2 Å². The van der Waals surface area contributed by atoms with Crippen LogP contribution in [0.4, 0.5) is 5.82 Å². The summed E-state index contributed by atoms with van der Waals surface area (Å²) in [4.78, 5) is 0. The van der Waals surface area contributed by atoms with Crippen LogP contribution in [-0.4, -0.2) is 5.16 Å². The Morgan fingerprint density at radius 2 is 2.12 bits per heavy atom. The van der Waals surface area contributed by atoms with E-state index in [9.17, 15) is 0 Å². The fourth-order valence-electron chi connectivity index (χ4n) is 1.55. The summed E-state index contributed by atoms with van der Waals surface area (Å²) in [5, 5.41) is 4.85. The van der Waals surface area contributed by atoms with Gasteiger partial charge in [-0.2, -0.15) is 0 Å². The molecular weight excluding hydrogens is 247 g/mol. The van der Waals surface area contributed by atoms with Crippen molar-refractivity contribution < 1.29 is 4.52 Å². The first-order chi connectivity index (χ1) is 7.63. The molecule has 0 amide bonds. The van der Waals surface area contributed by atoms with Crippen molar-refractivity contribution in [3.8, 4) is 11.3 Å². The van der Waals surface area contributed by atoms with E-state index < -0.39 is 0 Å². The Labute approximate surface area is 103 Å². The predicted octanol–water partition coefficient (Wildman–Crippen LogP) is 3.79. The van der Waals surface area contributed by atoms with Gasteiger partial charge < -0.3 is 10.3 Å². The molecule has 0 unspecified atom stereocenters. The number of aromatic nitrogens is 1. The molecule has 16 heavy (non-hydrogen) atoms. The lowest BCUT2D eigenvalue weighted by Crippen LogP contribution is -1.91. The maximum absolute atomic E-state index is 6.09. The van der Waals surface area contributed by atoms with Crippen molar-refractivity contribution in [2.75, 3.05) is 5.73 Å². The first kappa shape index (κ1) is 11.3. The van der Waals surface area contributed by atoms with E-state index in [0.717, 1.165) is 17.5 Å². The van der Waals surface area contributed by atoms with Crippen LogP contribution in [0, 0.1) is 0 Å². The lowest BCUT2D eigenvalue weighted by molar-refractivity contribution is 0.435. The predicted molar refractivity (Wildman–Crippen MR) is 65.7 cm³/mol. The number of nitrogens with two attached hydrogens (primary N) is 1. The van der Waals surface area contributed by atoms with Crippen molar-refractivity contribution in [2.24, 2.45) is 0 Å².